The first-order valence-electron chi connectivity index (χ1n) is 11.8. The summed E-state index contributed by atoms with van der Waals surface area (Å²) < 4.78 is 11.9. The lowest BCUT2D eigenvalue weighted by Crippen LogP contribution is -2.32. The molecule has 0 bridgehead atoms. The van der Waals surface area contributed by atoms with Crippen molar-refractivity contribution in [1.29, 1.82) is 0 Å². The summed E-state index contributed by atoms with van der Waals surface area (Å²) >= 11 is 0. The maximum atomic E-state index is 6.07. The van der Waals surface area contributed by atoms with Crippen LogP contribution >= 0.6 is 0 Å². The Hall–Kier alpha value is -0.640. The van der Waals surface area contributed by atoms with E-state index in [0.29, 0.717) is 6.61 Å². The molecule has 0 aromatic carbocycles. The zero-order chi connectivity index (χ0) is 20.7. The van der Waals surface area contributed by atoms with Crippen LogP contribution in [0.2, 0.25) is 0 Å². The molecule has 0 rings (SSSR count). The minimum Gasteiger partial charge on any atom is -0.379 e. The first kappa shape index (κ1) is 27.4. The monoisotopic (exact) mass is 395 g/mol. The van der Waals surface area contributed by atoms with Crippen molar-refractivity contribution in [3.63, 3.8) is 0 Å². The van der Waals surface area contributed by atoms with Crippen LogP contribution in [0.4, 0.5) is 0 Å². The molecular weight excluding hydrogens is 346 g/mol. The zero-order valence-electron chi connectivity index (χ0n) is 19.5. The minimum absolute atomic E-state index is 0.174. The van der Waals surface area contributed by atoms with Crippen LogP contribution in [-0.4, -0.2) is 51.5 Å². The molecule has 0 heterocycles. The third-order valence-electron chi connectivity index (χ3n) is 4.68. The van der Waals surface area contributed by atoms with Crippen molar-refractivity contribution in [3.8, 4) is 0 Å². The van der Waals surface area contributed by atoms with Gasteiger partial charge in [-0.25, -0.2) is 0 Å². The lowest BCUT2D eigenvalue weighted by molar-refractivity contribution is -0.0277. The second kappa shape index (κ2) is 22.6. The highest BCUT2D eigenvalue weighted by molar-refractivity contribution is 4.82. The molecular formula is C25H49NO2. The van der Waals surface area contributed by atoms with E-state index >= 15 is 0 Å². The Morgan fingerprint density at radius 1 is 0.679 bits per heavy atom. The topological polar surface area (TPSA) is 21.7 Å². The molecule has 0 aliphatic carbocycles. The second-order valence-electron chi connectivity index (χ2n) is 8.05. The Labute approximate surface area is 176 Å². The van der Waals surface area contributed by atoms with Gasteiger partial charge in [-0.1, -0.05) is 63.8 Å². The van der Waals surface area contributed by atoms with Crippen LogP contribution in [0.3, 0.4) is 0 Å². The van der Waals surface area contributed by atoms with Gasteiger partial charge < -0.3 is 14.4 Å². The summed E-state index contributed by atoms with van der Waals surface area (Å²) in [7, 11) is 4.19. The summed E-state index contributed by atoms with van der Waals surface area (Å²) in [6, 6.07) is 0. The molecule has 0 saturated carbocycles. The molecule has 1 atom stereocenters. The number of unbranched alkanes of at least 4 members (excludes halogenated alkanes) is 8. The molecule has 0 amide bonds. The Morgan fingerprint density at radius 2 is 1.18 bits per heavy atom. The zero-order valence-corrected chi connectivity index (χ0v) is 19.5. The van der Waals surface area contributed by atoms with E-state index in [9.17, 15) is 0 Å². The van der Waals surface area contributed by atoms with Crippen LogP contribution in [0.15, 0.2) is 24.3 Å². The molecule has 0 fully saturated rings. The number of rotatable bonds is 21. The van der Waals surface area contributed by atoms with Gasteiger partial charge in [-0.05, 0) is 65.5 Å². The van der Waals surface area contributed by atoms with Crippen LogP contribution < -0.4 is 0 Å². The molecule has 3 heteroatoms. The molecule has 0 saturated heterocycles. The first-order valence-corrected chi connectivity index (χ1v) is 11.8. The quantitative estimate of drug-likeness (QED) is 0.158. The Balaban J connectivity index is 3.70. The molecule has 0 aliphatic rings. The number of hydrogen-bond donors (Lipinski definition) is 0. The Kier molecular flexibility index (Phi) is 22.1. The lowest BCUT2D eigenvalue weighted by atomic mass is 10.2. The number of hydrogen-bond acceptors (Lipinski definition) is 3. The van der Waals surface area contributed by atoms with E-state index in [1.807, 2.05) is 0 Å². The van der Waals surface area contributed by atoms with Crippen LogP contribution in [0.25, 0.3) is 0 Å². The molecule has 1 unspecified atom stereocenters. The maximum absolute atomic E-state index is 6.07. The second-order valence-corrected chi connectivity index (χ2v) is 8.05. The summed E-state index contributed by atoms with van der Waals surface area (Å²) in [5.74, 6) is 0. The van der Waals surface area contributed by atoms with E-state index in [1.54, 1.807) is 0 Å². The van der Waals surface area contributed by atoms with Gasteiger partial charge in [0.25, 0.3) is 0 Å². The predicted molar refractivity (Wildman–Crippen MR) is 124 cm³/mol. The normalized spacial score (nSPS) is 13.3. The predicted octanol–water partition coefficient (Wildman–Crippen LogP) is 6.78. The van der Waals surface area contributed by atoms with Crippen molar-refractivity contribution in [2.45, 2.75) is 97.0 Å². The van der Waals surface area contributed by atoms with Crippen LogP contribution in [0.5, 0.6) is 0 Å². The van der Waals surface area contributed by atoms with Crippen molar-refractivity contribution in [3.05, 3.63) is 24.3 Å². The average Bonchev–Trinajstić information content (AvgIpc) is 2.67. The molecule has 0 aromatic rings. The van der Waals surface area contributed by atoms with Gasteiger partial charge in [-0.15, -0.1) is 0 Å². The molecule has 0 aromatic heterocycles. The van der Waals surface area contributed by atoms with Gasteiger partial charge in [0.15, 0.2) is 0 Å². The minimum atomic E-state index is 0.174. The van der Waals surface area contributed by atoms with Crippen molar-refractivity contribution < 1.29 is 9.47 Å². The largest absolute Gasteiger partial charge is 0.379 e. The van der Waals surface area contributed by atoms with Gasteiger partial charge >= 0.3 is 0 Å². The van der Waals surface area contributed by atoms with Crippen molar-refractivity contribution in [1.82, 2.24) is 4.90 Å². The number of allylic oxidation sites excluding steroid dienone is 4. The van der Waals surface area contributed by atoms with Crippen molar-refractivity contribution >= 4 is 0 Å². The van der Waals surface area contributed by atoms with E-state index in [0.717, 1.165) is 45.4 Å². The van der Waals surface area contributed by atoms with Crippen LogP contribution in [-0.2, 0) is 9.47 Å². The Bertz CT molecular complexity index is 352. The van der Waals surface area contributed by atoms with E-state index in [1.165, 1.54) is 51.4 Å². The molecule has 0 N–H and O–H groups in total. The molecule has 0 spiro atoms. The van der Waals surface area contributed by atoms with E-state index in [4.69, 9.17) is 9.47 Å². The number of ether oxygens (including phenoxy) is 2. The van der Waals surface area contributed by atoms with Gasteiger partial charge in [0.05, 0.1) is 12.7 Å². The SMILES string of the molecule is CCCCCC=CCCCOCC(CN(C)C)OCCCC=CCCCCC. The fourth-order valence-electron chi connectivity index (χ4n) is 3.03. The lowest BCUT2D eigenvalue weighted by Gasteiger charge is -2.21. The van der Waals surface area contributed by atoms with Crippen LogP contribution in [0.1, 0.15) is 90.9 Å². The van der Waals surface area contributed by atoms with Gasteiger partial charge in [-0.3, -0.25) is 0 Å². The smallest absolute Gasteiger partial charge is 0.0934 e. The summed E-state index contributed by atoms with van der Waals surface area (Å²) in [6.07, 6.45) is 24.2. The van der Waals surface area contributed by atoms with E-state index in [2.05, 4.69) is 57.1 Å². The summed E-state index contributed by atoms with van der Waals surface area (Å²) in [5.41, 5.74) is 0. The number of likely N-dealkylation sites (N-methyl/N-ethyl adjacent to an activating group) is 1. The summed E-state index contributed by atoms with van der Waals surface area (Å²) in [4.78, 5) is 2.18. The van der Waals surface area contributed by atoms with Crippen molar-refractivity contribution in [2.75, 3.05) is 40.5 Å². The Morgan fingerprint density at radius 3 is 1.68 bits per heavy atom. The molecule has 28 heavy (non-hydrogen) atoms. The maximum Gasteiger partial charge on any atom is 0.0934 e. The van der Waals surface area contributed by atoms with Crippen molar-refractivity contribution in [2.24, 2.45) is 0 Å². The van der Waals surface area contributed by atoms with Gasteiger partial charge in [0, 0.05) is 19.8 Å². The first-order chi connectivity index (χ1) is 13.7. The van der Waals surface area contributed by atoms with Crippen LogP contribution in [0, 0.1) is 0 Å². The summed E-state index contributed by atoms with van der Waals surface area (Å²) in [5, 5.41) is 0. The standard InChI is InChI=1S/C25H49NO2/c1-5-7-9-11-13-15-17-19-21-27-24-25(23-26(3)4)28-22-20-18-16-14-12-10-8-6-2/h13-16,25H,5-12,17-24H2,1-4H3. The molecule has 0 aliphatic heterocycles. The van der Waals surface area contributed by atoms with Gasteiger partial charge in [0.2, 0.25) is 0 Å². The van der Waals surface area contributed by atoms with Gasteiger partial charge in [-0.2, -0.15) is 0 Å². The van der Waals surface area contributed by atoms with E-state index < -0.39 is 0 Å². The highest BCUT2D eigenvalue weighted by Gasteiger charge is 2.10. The average molecular weight is 396 g/mol. The molecule has 3 nitrogen and oxygen atoms in total. The molecule has 166 valence electrons. The third-order valence-corrected chi connectivity index (χ3v) is 4.68. The highest BCUT2D eigenvalue weighted by Crippen LogP contribution is 2.04. The molecule has 0 radical (unpaired) electrons. The van der Waals surface area contributed by atoms with Gasteiger partial charge in [0.1, 0.15) is 0 Å². The fourth-order valence-corrected chi connectivity index (χ4v) is 3.03. The third kappa shape index (κ3) is 21.7. The highest BCUT2D eigenvalue weighted by atomic mass is 16.5. The number of nitrogens with zero attached hydrogens (tertiary/aromatic N) is 1. The fraction of sp³-hybridized carbons (Fsp3) is 0.840. The van der Waals surface area contributed by atoms with E-state index in [-0.39, 0.29) is 6.10 Å². The summed E-state index contributed by atoms with van der Waals surface area (Å²) in [6.45, 7) is 7.77.